The molecule has 2 aliphatic heterocycles. The van der Waals surface area contributed by atoms with E-state index in [4.69, 9.17) is 41.9 Å². The maximum Gasteiger partial charge on any atom is 0.186 e. The summed E-state index contributed by atoms with van der Waals surface area (Å²) in [6.07, 6.45) is -14.1. The Morgan fingerprint density at radius 1 is 0.594 bits per heavy atom. The van der Waals surface area contributed by atoms with E-state index in [-0.39, 0.29) is 25.9 Å². The Morgan fingerprint density at radius 2 is 0.938 bits per heavy atom. The van der Waals surface area contributed by atoms with Crippen LogP contribution in [-0.4, -0.2) is 129 Å². The van der Waals surface area contributed by atoms with E-state index in [0.29, 0.717) is 0 Å². The van der Waals surface area contributed by atoms with Gasteiger partial charge in [-0.15, -0.1) is 0 Å². The zero-order valence-corrected chi connectivity index (χ0v) is 17.5. The average Bonchev–Trinajstić information content (AvgIpc) is 2.77. The molecular weight excluding hydrogens is 432 g/mol. The van der Waals surface area contributed by atoms with Crippen LogP contribution >= 0.6 is 0 Å². The molecule has 0 amide bonds. The molecule has 14 N–H and O–H groups in total. The standard InChI is InChI=1S/C18H36N4O10/c19-3-9-11(23)13(25)15(27)17(31-9)29-7-1-5(21)8(2-6(7)22)30-18-16(28)14(26)12(24)10(4-20)32-18/h5-18,23-28H,1-4,19-22H2/t5-,6-,7-,8-,9+,10+,11+,12+,13-,14-,15+,16+,17-,18-/m0/s1. The van der Waals surface area contributed by atoms with Crippen molar-refractivity contribution in [1.29, 1.82) is 0 Å². The molecule has 0 aromatic heterocycles. The van der Waals surface area contributed by atoms with Gasteiger partial charge in [0.05, 0.1) is 12.2 Å². The molecular formula is C18H36N4O10. The number of nitrogens with two attached hydrogens (primary N) is 4. The maximum atomic E-state index is 10.2. The molecule has 1 saturated carbocycles. The van der Waals surface area contributed by atoms with Crippen LogP contribution in [0.2, 0.25) is 0 Å². The second-order valence-corrected chi connectivity index (χ2v) is 8.65. The summed E-state index contributed by atoms with van der Waals surface area (Å²) < 4.78 is 22.5. The second kappa shape index (κ2) is 10.8. The van der Waals surface area contributed by atoms with Gasteiger partial charge in [-0.05, 0) is 12.8 Å². The minimum Gasteiger partial charge on any atom is -0.388 e. The lowest BCUT2D eigenvalue weighted by Gasteiger charge is -2.46. The van der Waals surface area contributed by atoms with Crippen LogP contribution in [0.5, 0.6) is 0 Å². The fraction of sp³-hybridized carbons (Fsp3) is 1.00. The summed E-state index contributed by atoms with van der Waals surface area (Å²) in [5.41, 5.74) is 23.5. The Kier molecular flexibility index (Phi) is 8.79. The normalized spacial score (nSPS) is 52.7. The van der Waals surface area contributed by atoms with Crippen LogP contribution in [0.25, 0.3) is 0 Å². The largest absolute Gasteiger partial charge is 0.388 e. The zero-order valence-electron chi connectivity index (χ0n) is 17.5. The fourth-order valence-corrected chi connectivity index (χ4v) is 4.29. The Hall–Kier alpha value is -0.560. The van der Waals surface area contributed by atoms with Gasteiger partial charge in [0.15, 0.2) is 12.6 Å². The molecule has 3 fully saturated rings. The lowest BCUT2D eigenvalue weighted by molar-refractivity contribution is -0.319. The van der Waals surface area contributed by atoms with E-state index in [9.17, 15) is 30.6 Å². The van der Waals surface area contributed by atoms with E-state index in [1.54, 1.807) is 0 Å². The highest BCUT2D eigenvalue weighted by molar-refractivity contribution is 4.96. The van der Waals surface area contributed by atoms with Crippen molar-refractivity contribution in [2.24, 2.45) is 22.9 Å². The Morgan fingerprint density at radius 3 is 1.25 bits per heavy atom. The summed E-state index contributed by atoms with van der Waals surface area (Å²) in [4.78, 5) is 0. The molecule has 0 unspecified atom stereocenters. The van der Waals surface area contributed by atoms with Gasteiger partial charge in [-0.1, -0.05) is 0 Å². The van der Waals surface area contributed by atoms with Gasteiger partial charge in [-0.25, -0.2) is 0 Å². The van der Waals surface area contributed by atoms with E-state index < -0.39 is 85.7 Å². The first-order valence-electron chi connectivity index (χ1n) is 10.7. The minimum absolute atomic E-state index is 0.0922. The highest BCUT2D eigenvalue weighted by Gasteiger charge is 2.48. The predicted molar refractivity (Wildman–Crippen MR) is 106 cm³/mol. The third kappa shape index (κ3) is 5.24. The molecule has 0 radical (unpaired) electrons. The molecule has 3 rings (SSSR count). The molecule has 2 saturated heterocycles. The topological polar surface area (TPSA) is 262 Å². The van der Waals surface area contributed by atoms with Gasteiger partial charge in [-0.3, -0.25) is 0 Å². The highest BCUT2D eigenvalue weighted by Crippen LogP contribution is 2.30. The van der Waals surface area contributed by atoms with Crippen molar-refractivity contribution in [2.75, 3.05) is 13.1 Å². The number of rotatable bonds is 6. The number of aliphatic hydroxyl groups is 6. The second-order valence-electron chi connectivity index (χ2n) is 8.65. The molecule has 0 spiro atoms. The van der Waals surface area contributed by atoms with E-state index in [1.807, 2.05) is 0 Å². The first-order valence-corrected chi connectivity index (χ1v) is 10.7. The van der Waals surface area contributed by atoms with Gasteiger partial charge in [-0.2, -0.15) is 0 Å². The third-order valence-corrected chi connectivity index (χ3v) is 6.38. The zero-order chi connectivity index (χ0) is 23.7. The van der Waals surface area contributed by atoms with Crippen molar-refractivity contribution < 1.29 is 49.6 Å². The van der Waals surface area contributed by atoms with Crippen LogP contribution in [0.15, 0.2) is 0 Å². The van der Waals surface area contributed by atoms with E-state index in [1.165, 1.54) is 0 Å². The van der Waals surface area contributed by atoms with Crippen LogP contribution in [0, 0.1) is 0 Å². The van der Waals surface area contributed by atoms with Crippen LogP contribution in [0.3, 0.4) is 0 Å². The van der Waals surface area contributed by atoms with Crippen LogP contribution in [-0.2, 0) is 18.9 Å². The molecule has 3 aliphatic rings. The lowest BCUT2D eigenvalue weighted by atomic mass is 9.86. The number of hydrogen-bond acceptors (Lipinski definition) is 14. The molecule has 0 aromatic carbocycles. The van der Waals surface area contributed by atoms with Crippen molar-refractivity contribution in [2.45, 2.75) is 98.5 Å². The quantitative estimate of drug-likeness (QED) is 0.174. The average molecular weight is 469 g/mol. The van der Waals surface area contributed by atoms with Crippen LogP contribution in [0.1, 0.15) is 12.8 Å². The summed E-state index contributed by atoms with van der Waals surface area (Å²) in [6, 6.07) is -1.25. The number of aliphatic hydroxyl groups excluding tert-OH is 6. The number of ether oxygens (including phenoxy) is 4. The summed E-state index contributed by atoms with van der Waals surface area (Å²) in [7, 11) is 0. The van der Waals surface area contributed by atoms with Crippen molar-refractivity contribution in [3.8, 4) is 0 Å². The van der Waals surface area contributed by atoms with Crippen LogP contribution in [0.4, 0.5) is 0 Å². The highest BCUT2D eigenvalue weighted by atomic mass is 16.7. The van der Waals surface area contributed by atoms with Crippen molar-refractivity contribution in [1.82, 2.24) is 0 Å². The molecule has 0 bridgehead atoms. The molecule has 188 valence electrons. The molecule has 14 atom stereocenters. The molecule has 14 nitrogen and oxygen atoms in total. The lowest BCUT2D eigenvalue weighted by Crippen LogP contribution is -2.64. The monoisotopic (exact) mass is 468 g/mol. The van der Waals surface area contributed by atoms with Gasteiger partial charge in [0.1, 0.15) is 48.8 Å². The molecule has 32 heavy (non-hydrogen) atoms. The molecule has 0 aromatic rings. The maximum absolute atomic E-state index is 10.2. The van der Waals surface area contributed by atoms with Crippen LogP contribution < -0.4 is 22.9 Å². The van der Waals surface area contributed by atoms with Gasteiger partial charge in [0.2, 0.25) is 0 Å². The first kappa shape index (κ1) is 26.1. The van der Waals surface area contributed by atoms with Crippen molar-refractivity contribution in [3.63, 3.8) is 0 Å². The van der Waals surface area contributed by atoms with Gasteiger partial charge in [0, 0.05) is 25.2 Å². The van der Waals surface area contributed by atoms with E-state index >= 15 is 0 Å². The Bertz CT molecular complexity index is 554. The summed E-state index contributed by atoms with van der Waals surface area (Å²) in [6.45, 7) is -0.184. The molecule has 2 heterocycles. The van der Waals surface area contributed by atoms with Gasteiger partial charge < -0.3 is 72.5 Å². The predicted octanol–water partition coefficient (Wildman–Crippen LogP) is -6.26. The SMILES string of the molecule is NC[C@H]1O[C@H](O[C@H]2C[C@H](N)[C@@H](O[C@H]3O[C@H](CN)[C@@H](O)[C@H](O)[C@H]3O)C[C@@H]2N)[C@H](O)[C@@H](O)[C@@H]1O. The smallest absolute Gasteiger partial charge is 0.186 e. The summed E-state index contributed by atoms with van der Waals surface area (Å²) >= 11 is 0. The van der Waals surface area contributed by atoms with Gasteiger partial charge >= 0.3 is 0 Å². The minimum atomic E-state index is -1.52. The third-order valence-electron chi connectivity index (χ3n) is 6.38. The summed E-state index contributed by atoms with van der Waals surface area (Å²) in [5.74, 6) is 0. The fourth-order valence-electron chi connectivity index (χ4n) is 4.29. The Balaban J connectivity index is 1.59. The first-order chi connectivity index (χ1) is 15.1. The summed E-state index contributed by atoms with van der Waals surface area (Å²) in [5, 5.41) is 60.2. The Labute approximate surface area is 185 Å². The van der Waals surface area contributed by atoms with E-state index in [0.717, 1.165) is 0 Å². The number of hydrogen-bond donors (Lipinski definition) is 10. The van der Waals surface area contributed by atoms with Crippen molar-refractivity contribution in [3.05, 3.63) is 0 Å². The molecule has 14 heteroatoms. The van der Waals surface area contributed by atoms with Crippen molar-refractivity contribution >= 4 is 0 Å². The molecule has 1 aliphatic carbocycles. The van der Waals surface area contributed by atoms with E-state index in [2.05, 4.69) is 0 Å². The van der Waals surface area contributed by atoms with Gasteiger partial charge in [0.25, 0.3) is 0 Å².